The molecule has 3 fully saturated rings. The van der Waals surface area contributed by atoms with E-state index < -0.39 is 0 Å². The lowest BCUT2D eigenvalue weighted by Crippen LogP contribution is -2.73. The Morgan fingerprint density at radius 2 is 1.45 bits per heavy atom. The smallest absolute Gasteiger partial charge is 0.129 e. The van der Waals surface area contributed by atoms with E-state index in [4.69, 9.17) is 0 Å². The van der Waals surface area contributed by atoms with Gasteiger partial charge in [-0.2, -0.15) is 0 Å². The van der Waals surface area contributed by atoms with Crippen LogP contribution in [0.4, 0.5) is 0 Å². The normalized spacial score (nSPS) is 33.0. The van der Waals surface area contributed by atoms with E-state index in [0.717, 1.165) is 13.1 Å². The fourth-order valence-electron chi connectivity index (χ4n) is 3.64. The number of hydrogen-bond acceptors (Lipinski definition) is 2. The second-order valence-corrected chi connectivity index (χ2v) is 7.59. The number of quaternary nitrogens is 2. The van der Waals surface area contributed by atoms with Gasteiger partial charge in [0.2, 0.25) is 0 Å². The van der Waals surface area contributed by atoms with Gasteiger partial charge in [-0.1, -0.05) is 13.8 Å². The molecule has 0 unspecified atom stereocenters. The van der Waals surface area contributed by atoms with Crippen LogP contribution in [0.3, 0.4) is 0 Å². The predicted octanol–water partition coefficient (Wildman–Crippen LogP) is 0.645. The molecule has 0 spiro atoms. The molecule has 0 saturated carbocycles. The Balaban J connectivity index is 1.49. The zero-order valence-corrected chi connectivity index (χ0v) is 14.0. The Hall–Kier alpha value is -0.160. The van der Waals surface area contributed by atoms with Gasteiger partial charge in [0.05, 0.1) is 13.6 Å². The van der Waals surface area contributed by atoms with Crippen molar-refractivity contribution in [3.63, 3.8) is 0 Å². The van der Waals surface area contributed by atoms with Crippen molar-refractivity contribution < 1.29 is 8.97 Å². The molecule has 118 valence electrons. The van der Waals surface area contributed by atoms with Crippen LogP contribution >= 0.6 is 0 Å². The van der Waals surface area contributed by atoms with Gasteiger partial charge in [-0.05, 0) is 19.5 Å². The SMILES string of the molecule is CC(C)NCCCNCCC[N+]12CC[N+](C)(CC1)CC2. The van der Waals surface area contributed by atoms with E-state index in [1.165, 1.54) is 74.2 Å². The van der Waals surface area contributed by atoms with Crippen molar-refractivity contribution in [1.29, 1.82) is 0 Å². The highest BCUT2D eigenvalue weighted by Gasteiger charge is 2.45. The molecule has 0 aromatic heterocycles. The second kappa shape index (κ2) is 7.21. The minimum absolute atomic E-state index is 0.619. The molecule has 2 bridgehead atoms. The summed E-state index contributed by atoms with van der Waals surface area (Å²) in [5, 5.41) is 7.07. The van der Waals surface area contributed by atoms with E-state index in [9.17, 15) is 0 Å². The first-order chi connectivity index (χ1) is 9.54. The summed E-state index contributed by atoms with van der Waals surface area (Å²) in [4.78, 5) is 0. The molecule has 0 aromatic rings. The summed E-state index contributed by atoms with van der Waals surface area (Å²) in [7, 11) is 2.44. The summed E-state index contributed by atoms with van der Waals surface area (Å²) >= 11 is 0. The van der Waals surface area contributed by atoms with Gasteiger partial charge in [-0.3, -0.25) is 0 Å². The van der Waals surface area contributed by atoms with Crippen LogP contribution in [0.5, 0.6) is 0 Å². The molecule has 20 heavy (non-hydrogen) atoms. The Morgan fingerprint density at radius 3 is 2.05 bits per heavy atom. The molecule has 0 amide bonds. The first kappa shape index (κ1) is 16.2. The van der Waals surface area contributed by atoms with Crippen molar-refractivity contribution in [2.45, 2.75) is 32.7 Å². The highest BCUT2D eigenvalue weighted by atomic mass is 15.5. The van der Waals surface area contributed by atoms with Crippen LogP contribution in [0.25, 0.3) is 0 Å². The maximum Gasteiger partial charge on any atom is 0.129 e. The van der Waals surface area contributed by atoms with Crippen LogP contribution < -0.4 is 10.6 Å². The van der Waals surface area contributed by atoms with Crippen molar-refractivity contribution in [3.05, 3.63) is 0 Å². The van der Waals surface area contributed by atoms with E-state index in [-0.39, 0.29) is 0 Å². The summed E-state index contributed by atoms with van der Waals surface area (Å²) in [6, 6.07) is 0.619. The number of nitrogens with zero attached hydrogens (tertiary/aromatic N) is 2. The highest BCUT2D eigenvalue weighted by Crippen LogP contribution is 2.24. The van der Waals surface area contributed by atoms with Crippen molar-refractivity contribution in [2.24, 2.45) is 0 Å². The quantitative estimate of drug-likeness (QED) is 0.480. The zero-order chi connectivity index (χ0) is 14.5. The van der Waals surface area contributed by atoms with Crippen LogP contribution in [0, 0.1) is 0 Å². The van der Waals surface area contributed by atoms with Crippen molar-refractivity contribution in [2.75, 3.05) is 72.5 Å². The second-order valence-electron chi connectivity index (χ2n) is 7.59. The first-order valence-electron chi connectivity index (χ1n) is 8.66. The largest absolute Gasteiger partial charge is 0.316 e. The molecule has 0 aromatic carbocycles. The number of nitrogens with one attached hydrogen (secondary N) is 2. The summed E-state index contributed by atoms with van der Waals surface area (Å²) < 4.78 is 2.77. The Kier molecular flexibility index (Phi) is 5.84. The molecular weight excluding hydrogens is 248 g/mol. The van der Waals surface area contributed by atoms with Crippen molar-refractivity contribution >= 4 is 0 Å². The van der Waals surface area contributed by atoms with Crippen molar-refractivity contribution in [3.8, 4) is 0 Å². The molecular formula is C16H36N4+2. The van der Waals surface area contributed by atoms with Gasteiger partial charge < -0.3 is 19.6 Å². The standard InChI is InChI=1S/C16H36N4/c1-16(2)18-8-4-6-17-7-5-9-20-13-10-19(3,11-14-20)12-15-20/h16-18H,4-15H2,1-3H3/q+2. The molecule has 3 heterocycles. The summed E-state index contributed by atoms with van der Waals surface area (Å²) in [6.45, 7) is 17.8. The minimum Gasteiger partial charge on any atom is -0.316 e. The van der Waals surface area contributed by atoms with Gasteiger partial charge in [0.1, 0.15) is 39.3 Å². The van der Waals surface area contributed by atoms with Crippen LogP contribution in [0.15, 0.2) is 0 Å². The van der Waals surface area contributed by atoms with E-state index in [0.29, 0.717) is 6.04 Å². The van der Waals surface area contributed by atoms with Gasteiger partial charge in [-0.25, -0.2) is 0 Å². The number of rotatable bonds is 9. The third kappa shape index (κ3) is 4.69. The lowest BCUT2D eigenvalue weighted by molar-refractivity contribution is -1.07. The molecule has 3 rings (SSSR count). The number of hydrogen-bond donors (Lipinski definition) is 2. The van der Waals surface area contributed by atoms with E-state index in [1.807, 2.05) is 0 Å². The van der Waals surface area contributed by atoms with Crippen LogP contribution in [0.2, 0.25) is 0 Å². The van der Waals surface area contributed by atoms with Gasteiger partial charge in [0.15, 0.2) is 0 Å². The van der Waals surface area contributed by atoms with Gasteiger partial charge in [-0.15, -0.1) is 0 Å². The monoisotopic (exact) mass is 284 g/mol. The van der Waals surface area contributed by atoms with Gasteiger partial charge >= 0.3 is 0 Å². The molecule has 2 N–H and O–H groups in total. The Bertz CT molecular complexity index is 266. The molecule has 0 atom stereocenters. The number of likely N-dealkylation sites (N-methyl/N-ethyl adjacent to an activating group) is 1. The maximum atomic E-state index is 3.61. The van der Waals surface area contributed by atoms with E-state index in [2.05, 4.69) is 31.5 Å². The lowest BCUT2D eigenvalue weighted by Gasteiger charge is -2.54. The summed E-state index contributed by atoms with van der Waals surface area (Å²) in [5.41, 5.74) is 0. The van der Waals surface area contributed by atoms with Crippen LogP contribution in [0.1, 0.15) is 26.7 Å². The number of fused-ring (bicyclic) bond motifs is 3. The van der Waals surface area contributed by atoms with E-state index in [1.54, 1.807) is 0 Å². The zero-order valence-electron chi connectivity index (χ0n) is 14.0. The molecule has 3 aliphatic heterocycles. The molecule has 4 heteroatoms. The summed E-state index contributed by atoms with van der Waals surface area (Å²) in [5.74, 6) is 0. The molecule has 0 aliphatic carbocycles. The fourth-order valence-corrected chi connectivity index (χ4v) is 3.64. The molecule has 3 saturated heterocycles. The molecule has 3 aliphatic rings. The topological polar surface area (TPSA) is 24.1 Å². The third-order valence-electron chi connectivity index (χ3n) is 5.41. The first-order valence-corrected chi connectivity index (χ1v) is 8.66. The Labute approximate surface area is 125 Å². The van der Waals surface area contributed by atoms with Crippen molar-refractivity contribution in [1.82, 2.24) is 10.6 Å². The predicted molar refractivity (Wildman–Crippen MR) is 85.8 cm³/mol. The van der Waals surface area contributed by atoms with Crippen LogP contribution in [-0.2, 0) is 0 Å². The molecule has 0 radical (unpaired) electrons. The van der Waals surface area contributed by atoms with E-state index >= 15 is 0 Å². The number of piperazine rings is 3. The minimum atomic E-state index is 0.619. The average molecular weight is 284 g/mol. The van der Waals surface area contributed by atoms with Gasteiger partial charge in [0, 0.05) is 19.0 Å². The third-order valence-corrected chi connectivity index (χ3v) is 5.41. The summed E-state index contributed by atoms with van der Waals surface area (Å²) in [6.07, 6.45) is 2.59. The highest BCUT2D eigenvalue weighted by molar-refractivity contribution is 4.61. The van der Waals surface area contributed by atoms with Gasteiger partial charge in [0.25, 0.3) is 0 Å². The average Bonchev–Trinajstić information content (AvgIpc) is 2.43. The van der Waals surface area contributed by atoms with Crippen LogP contribution in [-0.4, -0.2) is 87.5 Å². The fraction of sp³-hybridized carbons (Fsp3) is 1.00. The lowest BCUT2D eigenvalue weighted by atomic mass is 10.1. The molecule has 4 nitrogen and oxygen atoms in total. The Morgan fingerprint density at radius 1 is 0.850 bits per heavy atom. The maximum absolute atomic E-state index is 3.61.